The molecule has 1 fully saturated rings. The summed E-state index contributed by atoms with van der Waals surface area (Å²) in [5.41, 5.74) is 0.948. The van der Waals surface area contributed by atoms with Crippen LogP contribution in [0.2, 0.25) is 0 Å². The van der Waals surface area contributed by atoms with E-state index in [1.807, 2.05) is 0 Å². The predicted octanol–water partition coefficient (Wildman–Crippen LogP) is 1.02. The van der Waals surface area contributed by atoms with E-state index in [2.05, 4.69) is 10.3 Å². The third-order valence-corrected chi connectivity index (χ3v) is 2.63. The SMILES string of the molecule is O=C(O)Cn1cc(C2CCCC2)nn1. The van der Waals surface area contributed by atoms with E-state index in [0.29, 0.717) is 5.92 Å². The number of carboxylic acid groups (broad SMARTS) is 1. The first-order valence-electron chi connectivity index (χ1n) is 4.87. The molecule has 0 atom stereocenters. The Hall–Kier alpha value is -1.39. The van der Waals surface area contributed by atoms with Crippen molar-refractivity contribution in [2.75, 3.05) is 0 Å². The zero-order valence-electron chi connectivity index (χ0n) is 7.89. The van der Waals surface area contributed by atoms with Crippen LogP contribution in [0.5, 0.6) is 0 Å². The first-order chi connectivity index (χ1) is 6.75. The lowest BCUT2D eigenvalue weighted by molar-refractivity contribution is -0.137. The fourth-order valence-corrected chi connectivity index (χ4v) is 1.94. The summed E-state index contributed by atoms with van der Waals surface area (Å²) >= 11 is 0. The molecule has 5 heteroatoms. The minimum absolute atomic E-state index is 0.0975. The van der Waals surface area contributed by atoms with E-state index in [0.717, 1.165) is 18.5 Å². The van der Waals surface area contributed by atoms with E-state index < -0.39 is 5.97 Å². The average Bonchev–Trinajstić information content (AvgIpc) is 2.69. The Kier molecular flexibility index (Phi) is 2.47. The van der Waals surface area contributed by atoms with E-state index in [-0.39, 0.29) is 6.54 Å². The van der Waals surface area contributed by atoms with Crippen LogP contribution in [0.3, 0.4) is 0 Å². The number of nitrogens with zero attached hydrogens (tertiary/aromatic N) is 3. The maximum atomic E-state index is 10.4. The molecule has 5 nitrogen and oxygen atoms in total. The highest BCUT2D eigenvalue weighted by atomic mass is 16.4. The van der Waals surface area contributed by atoms with Crippen molar-refractivity contribution in [3.8, 4) is 0 Å². The summed E-state index contributed by atoms with van der Waals surface area (Å²) in [6, 6.07) is 0. The van der Waals surface area contributed by atoms with Gasteiger partial charge in [0.2, 0.25) is 0 Å². The molecule has 0 unspecified atom stereocenters. The van der Waals surface area contributed by atoms with Crippen LogP contribution in [0.1, 0.15) is 37.3 Å². The van der Waals surface area contributed by atoms with Crippen LogP contribution in [0.25, 0.3) is 0 Å². The molecule has 0 amide bonds. The van der Waals surface area contributed by atoms with Gasteiger partial charge < -0.3 is 5.11 Å². The van der Waals surface area contributed by atoms with Crippen LogP contribution in [-0.2, 0) is 11.3 Å². The third kappa shape index (κ3) is 1.92. The molecule has 1 N–H and O–H groups in total. The molecular formula is C9H13N3O2. The van der Waals surface area contributed by atoms with Crippen LogP contribution in [0, 0.1) is 0 Å². The lowest BCUT2D eigenvalue weighted by Crippen LogP contribution is -2.08. The van der Waals surface area contributed by atoms with Crippen molar-refractivity contribution in [2.45, 2.75) is 38.1 Å². The maximum absolute atomic E-state index is 10.4. The van der Waals surface area contributed by atoms with Crippen LogP contribution < -0.4 is 0 Å². The monoisotopic (exact) mass is 195 g/mol. The van der Waals surface area contributed by atoms with Crippen molar-refractivity contribution in [3.05, 3.63) is 11.9 Å². The van der Waals surface area contributed by atoms with Gasteiger partial charge in [0.15, 0.2) is 0 Å². The standard InChI is InChI=1S/C9H13N3O2/c13-9(14)6-12-5-8(10-11-12)7-3-1-2-4-7/h5,7H,1-4,6H2,(H,13,14). The second-order valence-corrected chi connectivity index (χ2v) is 3.72. The minimum atomic E-state index is -0.882. The first-order valence-corrected chi connectivity index (χ1v) is 4.87. The number of carboxylic acids is 1. The molecule has 1 heterocycles. The smallest absolute Gasteiger partial charge is 0.325 e. The summed E-state index contributed by atoms with van der Waals surface area (Å²) in [4.78, 5) is 10.4. The average molecular weight is 195 g/mol. The van der Waals surface area contributed by atoms with Gasteiger partial charge in [-0.05, 0) is 12.8 Å². The number of hydrogen-bond acceptors (Lipinski definition) is 3. The quantitative estimate of drug-likeness (QED) is 0.781. The topological polar surface area (TPSA) is 68.0 Å². The zero-order chi connectivity index (χ0) is 9.97. The summed E-state index contributed by atoms with van der Waals surface area (Å²) < 4.78 is 1.38. The van der Waals surface area contributed by atoms with Gasteiger partial charge in [0.1, 0.15) is 6.54 Å². The third-order valence-electron chi connectivity index (χ3n) is 2.63. The summed E-state index contributed by atoms with van der Waals surface area (Å²) in [5.74, 6) is -0.384. The van der Waals surface area contributed by atoms with Crippen LogP contribution in [0.4, 0.5) is 0 Å². The molecule has 0 spiro atoms. The number of aromatic nitrogens is 3. The van der Waals surface area contributed by atoms with Gasteiger partial charge in [-0.1, -0.05) is 18.1 Å². The molecule has 0 bridgehead atoms. The Morgan fingerprint density at radius 3 is 2.93 bits per heavy atom. The van der Waals surface area contributed by atoms with Gasteiger partial charge in [-0.25, -0.2) is 4.68 Å². The van der Waals surface area contributed by atoms with Gasteiger partial charge in [-0.3, -0.25) is 4.79 Å². The molecule has 2 rings (SSSR count). The number of hydrogen-bond donors (Lipinski definition) is 1. The minimum Gasteiger partial charge on any atom is -0.480 e. The number of aliphatic carboxylic acids is 1. The molecular weight excluding hydrogens is 182 g/mol. The first kappa shape index (κ1) is 9.18. The molecule has 0 saturated heterocycles. The Morgan fingerprint density at radius 2 is 2.29 bits per heavy atom. The summed E-state index contributed by atoms with van der Waals surface area (Å²) in [5, 5.41) is 16.3. The molecule has 14 heavy (non-hydrogen) atoms. The number of rotatable bonds is 3. The lowest BCUT2D eigenvalue weighted by atomic mass is 10.1. The number of carbonyl (C=O) groups is 1. The molecule has 1 saturated carbocycles. The van der Waals surface area contributed by atoms with Crippen LogP contribution in [0.15, 0.2) is 6.20 Å². The Balaban J connectivity index is 2.05. The van der Waals surface area contributed by atoms with Crippen molar-refractivity contribution in [1.29, 1.82) is 0 Å². The van der Waals surface area contributed by atoms with E-state index in [1.165, 1.54) is 17.5 Å². The zero-order valence-corrected chi connectivity index (χ0v) is 7.89. The fourth-order valence-electron chi connectivity index (χ4n) is 1.94. The van der Waals surface area contributed by atoms with Gasteiger partial charge in [-0.2, -0.15) is 0 Å². The van der Waals surface area contributed by atoms with E-state index >= 15 is 0 Å². The highest BCUT2D eigenvalue weighted by Crippen LogP contribution is 2.32. The molecule has 1 aliphatic carbocycles. The van der Waals surface area contributed by atoms with Gasteiger partial charge in [-0.15, -0.1) is 5.10 Å². The lowest BCUT2D eigenvalue weighted by Gasteiger charge is -2.01. The fraction of sp³-hybridized carbons (Fsp3) is 0.667. The molecule has 1 aromatic heterocycles. The molecule has 0 aliphatic heterocycles. The second-order valence-electron chi connectivity index (χ2n) is 3.72. The summed E-state index contributed by atoms with van der Waals surface area (Å²) in [6.45, 7) is -0.0975. The molecule has 1 aliphatic rings. The molecule has 76 valence electrons. The predicted molar refractivity (Wildman–Crippen MR) is 48.9 cm³/mol. The maximum Gasteiger partial charge on any atom is 0.325 e. The van der Waals surface area contributed by atoms with Gasteiger partial charge in [0.05, 0.1) is 5.69 Å². The summed E-state index contributed by atoms with van der Waals surface area (Å²) in [6.07, 6.45) is 6.56. The van der Waals surface area contributed by atoms with E-state index in [4.69, 9.17) is 5.11 Å². The van der Waals surface area contributed by atoms with Crippen molar-refractivity contribution in [1.82, 2.24) is 15.0 Å². The van der Waals surface area contributed by atoms with Gasteiger partial charge in [0, 0.05) is 12.1 Å². The van der Waals surface area contributed by atoms with Crippen molar-refractivity contribution in [2.24, 2.45) is 0 Å². The highest BCUT2D eigenvalue weighted by molar-refractivity contribution is 5.66. The highest BCUT2D eigenvalue weighted by Gasteiger charge is 2.20. The van der Waals surface area contributed by atoms with Crippen molar-refractivity contribution >= 4 is 5.97 Å². The largest absolute Gasteiger partial charge is 0.480 e. The van der Waals surface area contributed by atoms with Gasteiger partial charge in [0.25, 0.3) is 0 Å². The second kappa shape index (κ2) is 3.77. The van der Waals surface area contributed by atoms with Crippen molar-refractivity contribution in [3.63, 3.8) is 0 Å². The van der Waals surface area contributed by atoms with Crippen LogP contribution >= 0.6 is 0 Å². The Bertz CT molecular complexity index is 329. The van der Waals surface area contributed by atoms with Crippen LogP contribution in [-0.4, -0.2) is 26.1 Å². The van der Waals surface area contributed by atoms with E-state index in [9.17, 15) is 4.79 Å². The van der Waals surface area contributed by atoms with E-state index in [1.54, 1.807) is 6.20 Å². The normalized spacial score (nSPS) is 17.4. The molecule has 0 radical (unpaired) electrons. The molecule has 1 aromatic rings. The Morgan fingerprint density at radius 1 is 1.57 bits per heavy atom. The van der Waals surface area contributed by atoms with Crippen molar-refractivity contribution < 1.29 is 9.90 Å². The summed E-state index contributed by atoms with van der Waals surface area (Å²) in [7, 11) is 0. The van der Waals surface area contributed by atoms with Gasteiger partial charge >= 0.3 is 5.97 Å². The molecule has 0 aromatic carbocycles. The Labute approximate surface area is 81.7 Å².